The average Bonchev–Trinajstić information content (AvgIpc) is 2.87. The van der Waals surface area contributed by atoms with Gasteiger partial charge in [0.05, 0.1) is 7.11 Å². The van der Waals surface area contributed by atoms with Crippen LogP contribution >= 0.6 is 0 Å². The van der Waals surface area contributed by atoms with Crippen molar-refractivity contribution in [2.45, 2.75) is 6.54 Å². The van der Waals surface area contributed by atoms with Crippen LogP contribution in [-0.2, 0) is 6.54 Å². The first kappa shape index (κ1) is 12.1. The van der Waals surface area contributed by atoms with Gasteiger partial charge in [-0.05, 0) is 18.2 Å². The summed E-state index contributed by atoms with van der Waals surface area (Å²) in [4.78, 5) is 11.2. The first-order valence-electron chi connectivity index (χ1n) is 5.25. The van der Waals surface area contributed by atoms with Crippen molar-refractivity contribution in [1.82, 2.24) is 15.4 Å². The second-order valence-electron chi connectivity index (χ2n) is 3.62. The molecule has 94 valence electrons. The fourth-order valence-corrected chi connectivity index (χ4v) is 1.69. The second-order valence-corrected chi connectivity index (χ2v) is 3.62. The highest BCUT2D eigenvalue weighted by Gasteiger charge is 2.16. The highest BCUT2D eigenvalue weighted by atomic mass is 16.5. The number of hydrogen-bond donors (Lipinski definition) is 3. The van der Waals surface area contributed by atoms with Gasteiger partial charge in [-0.25, -0.2) is 0 Å². The molecule has 18 heavy (non-hydrogen) atoms. The number of rotatable bonds is 4. The Morgan fingerprint density at radius 1 is 1.44 bits per heavy atom. The number of aromatic amines is 1. The van der Waals surface area contributed by atoms with Crippen LogP contribution in [0.4, 0.5) is 0 Å². The Hall–Kier alpha value is -2.41. The van der Waals surface area contributed by atoms with Gasteiger partial charge in [-0.1, -0.05) is 0 Å². The molecule has 0 bridgehead atoms. The summed E-state index contributed by atoms with van der Waals surface area (Å²) in [7, 11) is 1.57. The lowest BCUT2D eigenvalue weighted by Crippen LogP contribution is -2.12. The molecule has 7 heteroatoms. The van der Waals surface area contributed by atoms with Crippen LogP contribution in [0.5, 0.6) is 5.75 Å². The van der Waals surface area contributed by atoms with Gasteiger partial charge in [0.2, 0.25) is 0 Å². The summed E-state index contributed by atoms with van der Waals surface area (Å²) in [5, 5.41) is 10.0. The topological polar surface area (TPSA) is 120 Å². The molecule has 0 aliphatic heterocycles. The summed E-state index contributed by atoms with van der Waals surface area (Å²) in [6.45, 7) is 0.320. The molecule has 0 fully saturated rings. The van der Waals surface area contributed by atoms with E-state index < -0.39 is 5.91 Å². The zero-order valence-corrected chi connectivity index (χ0v) is 9.80. The summed E-state index contributed by atoms with van der Waals surface area (Å²) in [5.74, 6) is 0.0502. The van der Waals surface area contributed by atoms with Gasteiger partial charge in [0.25, 0.3) is 5.91 Å². The fourth-order valence-electron chi connectivity index (χ4n) is 1.69. The minimum Gasteiger partial charge on any atom is -0.496 e. The number of carbonyl (C=O) groups is 1. The number of H-pyrrole nitrogens is 1. The third-order valence-electron chi connectivity index (χ3n) is 2.56. The third-order valence-corrected chi connectivity index (χ3v) is 2.56. The molecule has 1 aromatic heterocycles. The monoisotopic (exact) mass is 247 g/mol. The highest BCUT2D eigenvalue weighted by Crippen LogP contribution is 2.26. The molecule has 2 rings (SSSR count). The van der Waals surface area contributed by atoms with Gasteiger partial charge in [-0.2, -0.15) is 15.4 Å². The summed E-state index contributed by atoms with van der Waals surface area (Å²) in [6, 6.07) is 5.32. The molecule has 1 heterocycles. The molecule has 0 saturated heterocycles. The quantitative estimate of drug-likeness (QED) is 0.704. The minimum absolute atomic E-state index is 0.100. The average molecular weight is 247 g/mol. The van der Waals surface area contributed by atoms with E-state index in [1.165, 1.54) is 0 Å². The number of amides is 1. The molecule has 0 saturated carbocycles. The summed E-state index contributed by atoms with van der Waals surface area (Å²) < 4.78 is 5.17. The zero-order valence-electron chi connectivity index (χ0n) is 9.80. The first-order valence-corrected chi connectivity index (χ1v) is 5.25. The molecular formula is C11H13N5O2. The van der Waals surface area contributed by atoms with Crippen LogP contribution in [0.3, 0.4) is 0 Å². The van der Waals surface area contributed by atoms with E-state index in [0.29, 0.717) is 23.6 Å². The standard InChI is InChI=1S/C11H13N5O2/c1-18-8-3-2-6(4-7(8)5-12)9-10(11(13)17)15-16-14-9/h2-4H,5,12H2,1H3,(H2,13,17)(H,14,15,16). The van der Waals surface area contributed by atoms with E-state index in [9.17, 15) is 4.79 Å². The van der Waals surface area contributed by atoms with Crippen LogP contribution in [0.25, 0.3) is 11.3 Å². The van der Waals surface area contributed by atoms with E-state index >= 15 is 0 Å². The van der Waals surface area contributed by atoms with Gasteiger partial charge in [0.15, 0.2) is 5.69 Å². The van der Waals surface area contributed by atoms with Crippen molar-refractivity contribution >= 4 is 5.91 Å². The number of nitrogens with one attached hydrogen (secondary N) is 1. The zero-order chi connectivity index (χ0) is 13.1. The first-order chi connectivity index (χ1) is 8.67. The maximum atomic E-state index is 11.2. The normalized spacial score (nSPS) is 10.3. The molecular weight excluding hydrogens is 234 g/mol. The number of methoxy groups -OCH3 is 1. The number of benzene rings is 1. The van der Waals surface area contributed by atoms with E-state index in [-0.39, 0.29) is 5.69 Å². The molecule has 0 aliphatic carbocycles. The van der Waals surface area contributed by atoms with Crippen LogP contribution in [-0.4, -0.2) is 28.4 Å². The molecule has 5 N–H and O–H groups in total. The van der Waals surface area contributed by atoms with E-state index in [4.69, 9.17) is 16.2 Å². The van der Waals surface area contributed by atoms with Crippen LogP contribution in [0.15, 0.2) is 18.2 Å². The number of ether oxygens (including phenoxy) is 1. The van der Waals surface area contributed by atoms with Crippen molar-refractivity contribution in [3.05, 3.63) is 29.5 Å². The number of nitrogens with two attached hydrogens (primary N) is 2. The van der Waals surface area contributed by atoms with Crippen molar-refractivity contribution < 1.29 is 9.53 Å². The molecule has 0 unspecified atom stereocenters. The molecule has 1 aromatic carbocycles. The highest BCUT2D eigenvalue weighted by molar-refractivity contribution is 5.96. The Labute approximate surface area is 103 Å². The summed E-state index contributed by atoms with van der Waals surface area (Å²) in [6.07, 6.45) is 0. The number of hydrogen-bond acceptors (Lipinski definition) is 5. The van der Waals surface area contributed by atoms with Gasteiger partial charge in [-0.3, -0.25) is 4.79 Å². The lowest BCUT2D eigenvalue weighted by atomic mass is 10.1. The molecule has 0 radical (unpaired) electrons. The fraction of sp³-hybridized carbons (Fsp3) is 0.182. The van der Waals surface area contributed by atoms with Gasteiger partial charge in [-0.15, -0.1) is 0 Å². The summed E-state index contributed by atoms with van der Waals surface area (Å²) in [5.41, 5.74) is 12.9. The van der Waals surface area contributed by atoms with Gasteiger partial charge >= 0.3 is 0 Å². The van der Waals surface area contributed by atoms with Crippen molar-refractivity contribution in [3.63, 3.8) is 0 Å². The Morgan fingerprint density at radius 3 is 2.83 bits per heavy atom. The van der Waals surface area contributed by atoms with E-state index in [1.807, 2.05) is 0 Å². The van der Waals surface area contributed by atoms with Crippen molar-refractivity contribution in [3.8, 4) is 17.0 Å². The number of aromatic nitrogens is 3. The molecule has 2 aromatic rings. The van der Waals surface area contributed by atoms with E-state index in [1.54, 1.807) is 25.3 Å². The minimum atomic E-state index is -0.635. The van der Waals surface area contributed by atoms with E-state index in [2.05, 4.69) is 15.4 Å². The number of primary amides is 1. The van der Waals surface area contributed by atoms with Gasteiger partial charge in [0.1, 0.15) is 11.4 Å². The predicted octanol–water partition coefficient (Wildman–Crippen LogP) is 0.0379. The van der Waals surface area contributed by atoms with E-state index in [0.717, 1.165) is 5.56 Å². The maximum Gasteiger partial charge on any atom is 0.271 e. The van der Waals surface area contributed by atoms with Crippen LogP contribution in [0.1, 0.15) is 16.1 Å². The SMILES string of the molecule is COc1ccc(-c2n[nH]nc2C(N)=O)cc1CN. The third kappa shape index (κ3) is 2.03. The Kier molecular flexibility index (Phi) is 3.24. The van der Waals surface area contributed by atoms with Crippen LogP contribution < -0.4 is 16.2 Å². The molecule has 7 nitrogen and oxygen atoms in total. The smallest absolute Gasteiger partial charge is 0.271 e. The number of nitrogens with zero attached hydrogens (tertiary/aromatic N) is 2. The molecule has 0 aliphatic rings. The molecule has 1 amide bonds. The Morgan fingerprint density at radius 2 is 2.22 bits per heavy atom. The largest absolute Gasteiger partial charge is 0.496 e. The van der Waals surface area contributed by atoms with Crippen LogP contribution in [0, 0.1) is 0 Å². The lowest BCUT2D eigenvalue weighted by molar-refractivity contribution is 0.0996. The summed E-state index contributed by atoms with van der Waals surface area (Å²) >= 11 is 0. The maximum absolute atomic E-state index is 11.2. The van der Waals surface area contributed by atoms with Crippen molar-refractivity contribution in [2.24, 2.45) is 11.5 Å². The number of carbonyl (C=O) groups excluding carboxylic acids is 1. The van der Waals surface area contributed by atoms with Gasteiger partial charge in [0, 0.05) is 17.7 Å². The molecule has 0 atom stereocenters. The van der Waals surface area contributed by atoms with Crippen molar-refractivity contribution in [1.29, 1.82) is 0 Å². The Bertz CT molecular complexity index is 579. The predicted molar refractivity (Wildman–Crippen MR) is 64.8 cm³/mol. The Balaban J connectivity index is 2.51. The second kappa shape index (κ2) is 4.84. The van der Waals surface area contributed by atoms with Crippen molar-refractivity contribution in [2.75, 3.05) is 7.11 Å². The van der Waals surface area contributed by atoms with Gasteiger partial charge < -0.3 is 16.2 Å². The molecule has 0 spiro atoms. The lowest BCUT2D eigenvalue weighted by Gasteiger charge is -2.08. The van der Waals surface area contributed by atoms with Crippen LogP contribution in [0.2, 0.25) is 0 Å².